The number of likely N-dealkylation sites (tertiary alicyclic amines) is 1. The average Bonchev–Trinajstić information content (AvgIpc) is 3.23. The van der Waals surface area contributed by atoms with E-state index in [1.807, 2.05) is 35.2 Å². The number of amides is 2. The first kappa shape index (κ1) is 22.0. The van der Waals surface area contributed by atoms with Gasteiger partial charge in [-0.05, 0) is 48.2 Å². The van der Waals surface area contributed by atoms with E-state index >= 15 is 0 Å². The third-order valence-electron chi connectivity index (χ3n) is 5.39. The molecule has 7 heteroatoms. The highest BCUT2D eigenvalue weighted by Gasteiger charge is 2.32. The quantitative estimate of drug-likeness (QED) is 0.711. The molecule has 2 aromatic carbocycles. The normalized spacial score (nSPS) is 16.8. The van der Waals surface area contributed by atoms with Crippen molar-refractivity contribution in [2.75, 3.05) is 20.8 Å². The standard InChI is InChI=1S/C23H27ClN2O4/c1-15(27)25-19(16-6-9-18(24)10-7-16)14-23(28)26-12-4-5-20(26)17-8-11-21(29-2)22(13-17)30-3/h6-11,13,19-20H,4-5,12,14H2,1-3H3,(H,25,27). The summed E-state index contributed by atoms with van der Waals surface area (Å²) in [5, 5.41) is 3.50. The highest BCUT2D eigenvalue weighted by atomic mass is 35.5. The fourth-order valence-electron chi connectivity index (χ4n) is 3.96. The molecule has 1 N–H and O–H groups in total. The Kier molecular flexibility index (Phi) is 7.21. The van der Waals surface area contributed by atoms with Crippen LogP contribution in [0.5, 0.6) is 11.5 Å². The number of benzene rings is 2. The van der Waals surface area contributed by atoms with E-state index in [9.17, 15) is 9.59 Å². The maximum absolute atomic E-state index is 13.2. The smallest absolute Gasteiger partial charge is 0.225 e. The van der Waals surface area contributed by atoms with Gasteiger partial charge >= 0.3 is 0 Å². The van der Waals surface area contributed by atoms with Crippen molar-refractivity contribution in [3.8, 4) is 11.5 Å². The van der Waals surface area contributed by atoms with Gasteiger partial charge in [0.1, 0.15) is 0 Å². The predicted octanol–water partition coefficient (Wildman–Crippen LogP) is 4.29. The molecule has 1 aliphatic heterocycles. The fraction of sp³-hybridized carbons (Fsp3) is 0.391. The van der Waals surface area contributed by atoms with Crippen LogP contribution in [0.1, 0.15) is 49.4 Å². The van der Waals surface area contributed by atoms with Gasteiger partial charge in [0.05, 0.1) is 32.7 Å². The Bertz CT molecular complexity index is 901. The highest BCUT2D eigenvalue weighted by Crippen LogP contribution is 2.37. The monoisotopic (exact) mass is 430 g/mol. The molecule has 0 aliphatic carbocycles. The second-order valence-electron chi connectivity index (χ2n) is 7.37. The second-order valence-corrected chi connectivity index (χ2v) is 7.80. The molecular weight excluding hydrogens is 404 g/mol. The van der Waals surface area contributed by atoms with Crippen molar-refractivity contribution in [1.82, 2.24) is 10.2 Å². The minimum absolute atomic E-state index is 0.000912. The molecule has 0 bridgehead atoms. The Morgan fingerprint density at radius 3 is 2.47 bits per heavy atom. The van der Waals surface area contributed by atoms with E-state index in [0.717, 1.165) is 24.0 Å². The lowest BCUT2D eigenvalue weighted by Crippen LogP contribution is -2.35. The van der Waals surface area contributed by atoms with Crippen LogP contribution < -0.4 is 14.8 Å². The van der Waals surface area contributed by atoms with E-state index in [-0.39, 0.29) is 24.3 Å². The van der Waals surface area contributed by atoms with E-state index in [1.165, 1.54) is 6.92 Å². The second kappa shape index (κ2) is 9.85. The zero-order chi connectivity index (χ0) is 21.7. The van der Waals surface area contributed by atoms with Crippen LogP contribution in [0.2, 0.25) is 5.02 Å². The maximum Gasteiger partial charge on any atom is 0.225 e. The van der Waals surface area contributed by atoms with Crippen molar-refractivity contribution in [3.63, 3.8) is 0 Å². The zero-order valence-corrected chi connectivity index (χ0v) is 18.2. The number of nitrogens with zero attached hydrogens (tertiary/aromatic N) is 1. The molecule has 2 amide bonds. The maximum atomic E-state index is 13.2. The zero-order valence-electron chi connectivity index (χ0n) is 17.5. The third-order valence-corrected chi connectivity index (χ3v) is 5.65. The molecule has 160 valence electrons. The predicted molar refractivity (Wildman–Crippen MR) is 116 cm³/mol. The molecular formula is C23H27ClN2O4. The number of nitrogens with one attached hydrogen (secondary N) is 1. The molecule has 2 unspecified atom stereocenters. The van der Waals surface area contributed by atoms with E-state index in [4.69, 9.17) is 21.1 Å². The summed E-state index contributed by atoms with van der Waals surface area (Å²) in [5.74, 6) is 1.12. The van der Waals surface area contributed by atoms with Gasteiger partial charge in [0.15, 0.2) is 11.5 Å². The van der Waals surface area contributed by atoms with Crippen molar-refractivity contribution < 1.29 is 19.1 Å². The number of carbonyl (C=O) groups excluding carboxylic acids is 2. The Morgan fingerprint density at radius 2 is 1.83 bits per heavy atom. The van der Waals surface area contributed by atoms with Crippen molar-refractivity contribution in [2.24, 2.45) is 0 Å². The molecule has 0 aromatic heterocycles. The van der Waals surface area contributed by atoms with E-state index in [2.05, 4.69) is 5.32 Å². The van der Waals surface area contributed by atoms with Gasteiger partial charge in [0, 0.05) is 18.5 Å². The number of hydrogen-bond acceptors (Lipinski definition) is 4. The lowest BCUT2D eigenvalue weighted by atomic mass is 10.0. The summed E-state index contributed by atoms with van der Waals surface area (Å²) >= 11 is 5.98. The van der Waals surface area contributed by atoms with Gasteiger partial charge < -0.3 is 19.7 Å². The first-order valence-corrected chi connectivity index (χ1v) is 10.3. The number of ether oxygens (including phenoxy) is 2. The molecule has 2 aromatic rings. The average molecular weight is 431 g/mol. The molecule has 1 fully saturated rings. The molecule has 1 heterocycles. The van der Waals surface area contributed by atoms with Crippen LogP contribution in [-0.2, 0) is 9.59 Å². The van der Waals surface area contributed by atoms with Gasteiger partial charge in [-0.2, -0.15) is 0 Å². The molecule has 2 atom stereocenters. The number of halogens is 1. The first-order chi connectivity index (χ1) is 14.4. The first-order valence-electron chi connectivity index (χ1n) is 9.97. The number of hydrogen-bond donors (Lipinski definition) is 1. The van der Waals surface area contributed by atoms with E-state index in [1.54, 1.807) is 26.4 Å². The molecule has 0 spiro atoms. The minimum Gasteiger partial charge on any atom is -0.493 e. The van der Waals surface area contributed by atoms with Gasteiger partial charge in [-0.15, -0.1) is 0 Å². The lowest BCUT2D eigenvalue weighted by molar-refractivity contribution is -0.133. The lowest BCUT2D eigenvalue weighted by Gasteiger charge is -2.28. The molecule has 1 aliphatic rings. The summed E-state index contributed by atoms with van der Waals surface area (Å²) in [5.41, 5.74) is 1.87. The van der Waals surface area contributed by atoms with Crippen LogP contribution in [0.3, 0.4) is 0 Å². The topological polar surface area (TPSA) is 67.9 Å². The summed E-state index contributed by atoms with van der Waals surface area (Å²) < 4.78 is 10.7. The van der Waals surface area contributed by atoms with Crippen LogP contribution in [0.4, 0.5) is 0 Å². The fourth-order valence-corrected chi connectivity index (χ4v) is 4.08. The minimum atomic E-state index is -0.404. The van der Waals surface area contributed by atoms with Crippen LogP contribution in [0.15, 0.2) is 42.5 Å². The highest BCUT2D eigenvalue weighted by molar-refractivity contribution is 6.30. The SMILES string of the molecule is COc1ccc(C2CCCN2C(=O)CC(NC(C)=O)c2ccc(Cl)cc2)cc1OC. The summed E-state index contributed by atoms with van der Waals surface area (Å²) in [7, 11) is 3.20. The third kappa shape index (κ3) is 5.05. The molecule has 1 saturated heterocycles. The van der Waals surface area contributed by atoms with Gasteiger partial charge in [0.2, 0.25) is 11.8 Å². The number of methoxy groups -OCH3 is 2. The Morgan fingerprint density at radius 1 is 1.13 bits per heavy atom. The summed E-state index contributed by atoms with van der Waals surface area (Å²) in [6, 6.07) is 12.5. The van der Waals surface area contributed by atoms with Crippen molar-refractivity contribution in [3.05, 3.63) is 58.6 Å². The summed E-state index contributed by atoms with van der Waals surface area (Å²) in [6.45, 7) is 2.14. The van der Waals surface area contributed by atoms with Gasteiger partial charge in [0.25, 0.3) is 0 Å². The van der Waals surface area contributed by atoms with Gasteiger partial charge in [-0.1, -0.05) is 29.8 Å². The molecule has 6 nitrogen and oxygen atoms in total. The van der Waals surface area contributed by atoms with E-state index < -0.39 is 6.04 Å². The number of carbonyl (C=O) groups is 2. The van der Waals surface area contributed by atoms with Crippen LogP contribution in [0.25, 0.3) is 0 Å². The molecule has 30 heavy (non-hydrogen) atoms. The molecule has 3 rings (SSSR count). The Hall–Kier alpha value is -2.73. The van der Waals surface area contributed by atoms with Crippen molar-refractivity contribution >= 4 is 23.4 Å². The molecule has 0 radical (unpaired) electrons. The summed E-state index contributed by atoms with van der Waals surface area (Å²) in [6.07, 6.45) is 1.99. The Balaban J connectivity index is 1.80. The van der Waals surface area contributed by atoms with Crippen molar-refractivity contribution in [1.29, 1.82) is 0 Å². The van der Waals surface area contributed by atoms with Crippen LogP contribution >= 0.6 is 11.6 Å². The van der Waals surface area contributed by atoms with Crippen LogP contribution in [0, 0.1) is 0 Å². The molecule has 0 saturated carbocycles. The van der Waals surface area contributed by atoms with Gasteiger partial charge in [-0.3, -0.25) is 9.59 Å². The van der Waals surface area contributed by atoms with Crippen molar-refractivity contribution in [2.45, 2.75) is 38.3 Å². The number of rotatable bonds is 7. The van der Waals surface area contributed by atoms with E-state index in [0.29, 0.717) is 23.1 Å². The van der Waals surface area contributed by atoms with Gasteiger partial charge in [-0.25, -0.2) is 0 Å². The largest absolute Gasteiger partial charge is 0.493 e. The Labute approximate surface area is 182 Å². The summed E-state index contributed by atoms with van der Waals surface area (Å²) in [4.78, 5) is 26.9. The van der Waals surface area contributed by atoms with Crippen LogP contribution in [-0.4, -0.2) is 37.5 Å².